The molecule has 2 aromatic heterocycles. The molecule has 0 bridgehead atoms. The topological polar surface area (TPSA) is 87.6 Å². The molecule has 0 saturated carbocycles. The van der Waals surface area contributed by atoms with Crippen LogP contribution < -0.4 is 5.32 Å². The van der Waals surface area contributed by atoms with E-state index in [-0.39, 0.29) is 5.92 Å². The Kier molecular flexibility index (Phi) is 4.88. The SMILES string of the molecule is Cc1ccc(NCCCc2nc(C(C)C)no2)nc1C#N. The van der Waals surface area contributed by atoms with E-state index in [2.05, 4.69) is 26.5 Å². The van der Waals surface area contributed by atoms with E-state index in [1.807, 2.05) is 32.9 Å². The molecule has 6 heteroatoms. The Labute approximate surface area is 124 Å². The average Bonchev–Trinajstić information content (AvgIpc) is 2.94. The first-order valence-electron chi connectivity index (χ1n) is 7.04. The lowest BCUT2D eigenvalue weighted by molar-refractivity contribution is 0.369. The van der Waals surface area contributed by atoms with Crippen LogP contribution in [0.15, 0.2) is 16.7 Å². The highest BCUT2D eigenvalue weighted by atomic mass is 16.5. The van der Waals surface area contributed by atoms with E-state index in [1.165, 1.54) is 0 Å². The molecule has 0 radical (unpaired) electrons. The molecular weight excluding hydrogens is 266 g/mol. The summed E-state index contributed by atoms with van der Waals surface area (Å²) < 4.78 is 5.18. The standard InChI is InChI=1S/C15H19N5O/c1-10(2)15-19-14(21-20-15)5-4-8-17-13-7-6-11(3)12(9-16)18-13/h6-7,10H,4-5,8H2,1-3H3,(H,17,18). The number of anilines is 1. The lowest BCUT2D eigenvalue weighted by Crippen LogP contribution is -2.06. The number of hydrogen-bond acceptors (Lipinski definition) is 6. The molecule has 1 N–H and O–H groups in total. The van der Waals surface area contributed by atoms with Gasteiger partial charge in [0.05, 0.1) is 0 Å². The van der Waals surface area contributed by atoms with E-state index < -0.39 is 0 Å². The van der Waals surface area contributed by atoms with Crippen molar-refractivity contribution in [2.24, 2.45) is 0 Å². The lowest BCUT2D eigenvalue weighted by atomic mass is 10.2. The molecule has 0 aliphatic heterocycles. The van der Waals surface area contributed by atoms with Crippen LogP contribution in [0.3, 0.4) is 0 Å². The van der Waals surface area contributed by atoms with Gasteiger partial charge in [-0.15, -0.1) is 0 Å². The molecular formula is C15H19N5O. The van der Waals surface area contributed by atoms with Gasteiger partial charge >= 0.3 is 0 Å². The zero-order chi connectivity index (χ0) is 15.2. The molecule has 0 saturated heterocycles. The van der Waals surface area contributed by atoms with Crippen molar-refractivity contribution >= 4 is 5.82 Å². The predicted molar refractivity (Wildman–Crippen MR) is 78.9 cm³/mol. The molecule has 0 aliphatic rings. The molecule has 2 heterocycles. The fourth-order valence-corrected chi connectivity index (χ4v) is 1.80. The molecule has 0 spiro atoms. The molecule has 6 nitrogen and oxygen atoms in total. The van der Waals surface area contributed by atoms with E-state index >= 15 is 0 Å². The maximum Gasteiger partial charge on any atom is 0.226 e. The second kappa shape index (κ2) is 6.84. The first-order chi connectivity index (χ1) is 10.1. The van der Waals surface area contributed by atoms with Crippen molar-refractivity contribution in [2.45, 2.75) is 39.5 Å². The van der Waals surface area contributed by atoms with Crippen molar-refractivity contribution in [1.29, 1.82) is 5.26 Å². The van der Waals surface area contributed by atoms with Gasteiger partial charge in [0, 0.05) is 18.9 Å². The summed E-state index contributed by atoms with van der Waals surface area (Å²) in [5.74, 6) is 2.40. The van der Waals surface area contributed by atoms with E-state index in [1.54, 1.807) is 0 Å². The van der Waals surface area contributed by atoms with Gasteiger partial charge < -0.3 is 9.84 Å². The molecule has 0 amide bonds. The van der Waals surface area contributed by atoms with Crippen LogP contribution in [-0.2, 0) is 6.42 Å². The minimum atomic E-state index is 0.279. The van der Waals surface area contributed by atoms with Gasteiger partial charge in [0.1, 0.15) is 17.6 Å². The fourth-order valence-electron chi connectivity index (χ4n) is 1.80. The van der Waals surface area contributed by atoms with E-state index in [9.17, 15) is 0 Å². The monoisotopic (exact) mass is 285 g/mol. The van der Waals surface area contributed by atoms with Crippen LogP contribution >= 0.6 is 0 Å². The third-order valence-corrected chi connectivity index (χ3v) is 3.08. The third kappa shape index (κ3) is 4.02. The summed E-state index contributed by atoms with van der Waals surface area (Å²) in [6.07, 6.45) is 1.58. The first kappa shape index (κ1) is 15.0. The zero-order valence-corrected chi connectivity index (χ0v) is 12.6. The summed E-state index contributed by atoms with van der Waals surface area (Å²) in [5, 5.41) is 16.1. The molecule has 0 atom stereocenters. The Balaban J connectivity index is 1.80. The van der Waals surface area contributed by atoms with Crippen molar-refractivity contribution in [3.63, 3.8) is 0 Å². The Morgan fingerprint density at radius 2 is 2.14 bits per heavy atom. The van der Waals surface area contributed by atoms with Gasteiger partial charge in [-0.25, -0.2) is 4.98 Å². The molecule has 0 aromatic carbocycles. The van der Waals surface area contributed by atoms with Gasteiger partial charge in [0.25, 0.3) is 0 Å². The van der Waals surface area contributed by atoms with Crippen molar-refractivity contribution < 1.29 is 4.52 Å². The van der Waals surface area contributed by atoms with E-state index in [0.29, 0.717) is 17.4 Å². The summed E-state index contributed by atoms with van der Waals surface area (Å²) in [4.78, 5) is 8.57. The highest BCUT2D eigenvalue weighted by Crippen LogP contribution is 2.12. The van der Waals surface area contributed by atoms with Crippen LogP contribution in [0.25, 0.3) is 0 Å². The number of aromatic nitrogens is 3. The quantitative estimate of drug-likeness (QED) is 0.821. The Morgan fingerprint density at radius 1 is 1.33 bits per heavy atom. The Morgan fingerprint density at radius 3 is 2.81 bits per heavy atom. The second-order valence-corrected chi connectivity index (χ2v) is 5.21. The number of aryl methyl sites for hydroxylation is 2. The summed E-state index contributed by atoms with van der Waals surface area (Å²) in [7, 11) is 0. The van der Waals surface area contributed by atoms with Gasteiger partial charge in [0.15, 0.2) is 5.82 Å². The molecule has 21 heavy (non-hydrogen) atoms. The Hall–Kier alpha value is -2.42. The number of nitrogens with one attached hydrogen (secondary N) is 1. The normalized spacial score (nSPS) is 10.6. The van der Waals surface area contributed by atoms with Crippen LogP contribution in [-0.4, -0.2) is 21.7 Å². The molecule has 110 valence electrons. The van der Waals surface area contributed by atoms with Crippen molar-refractivity contribution in [3.8, 4) is 6.07 Å². The van der Waals surface area contributed by atoms with Crippen LogP contribution in [0.5, 0.6) is 0 Å². The molecule has 2 rings (SSSR count). The smallest absolute Gasteiger partial charge is 0.226 e. The molecule has 0 fully saturated rings. The van der Waals surface area contributed by atoms with Crippen molar-refractivity contribution in [2.75, 3.05) is 11.9 Å². The van der Waals surface area contributed by atoms with Gasteiger partial charge in [-0.1, -0.05) is 25.1 Å². The third-order valence-electron chi connectivity index (χ3n) is 3.08. The van der Waals surface area contributed by atoms with Gasteiger partial charge in [0.2, 0.25) is 5.89 Å². The summed E-state index contributed by atoms with van der Waals surface area (Å²) in [6.45, 7) is 6.68. The molecule has 0 unspecified atom stereocenters. The lowest BCUT2D eigenvalue weighted by Gasteiger charge is -2.05. The maximum absolute atomic E-state index is 8.94. The van der Waals surface area contributed by atoms with Gasteiger partial charge in [-0.05, 0) is 25.0 Å². The highest BCUT2D eigenvalue weighted by molar-refractivity contribution is 5.42. The van der Waals surface area contributed by atoms with E-state index in [4.69, 9.17) is 9.78 Å². The van der Waals surface area contributed by atoms with E-state index in [0.717, 1.165) is 30.8 Å². The number of nitriles is 1. The maximum atomic E-state index is 8.94. The van der Waals surface area contributed by atoms with Gasteiger partial charge in [-0.3, -0.25) is 0 Å². The van der Waals surface area contributed by atoms with Crippen LogP contribution in [0.4, 0.5) is 5.82 Å². The largest absolute Gasteiger partial charge is 0.370 e. The minimum Gasteiger partial charge on any atom is -0.370 e. The molecule has 0 aliphatic carbocycles. The summed E-state index contributed by atoms with van der Waals surface area (Å²) in [6, 6.07) is 5.85. The van der Waals surface area contributed by atoms with Crippen molar-refractivity contribution in [1.82, 2.24) is 15.1 Å². The fraction of sp³-hybridized carbons (Fsp3) is 0.467. The number of rotatable bonds is 6. The Bertz CT molecular complexity index is 642. The second-order valence-electron chi connectivity index (χ2n) is 5.21. The predicted octanol–water partition coefficient (Wildman–Crippen LogP) is 2.81. The average molecular weight is 285 g/mol. The number of pyridine rings is 1. The minimum absolute atomic E-state index is 0.279. The van der Waals surface area contributed by atoms with Crippen molar-refractivity contribution in [3.05, 3.63) is 35.1 Å². The summed E-state index contributed by atoms with van der Waals surface area (Å²) >= 11 is 0. The van der Waals surface area contributed by atoms with Gasteiger partial charge in [-0.2, -0.15) is 10.2 Å². The summed E-state index contributed by atoms with van der Waals surface area (Å²) in [5.41, 5.74) is 1.34. The van der Waals surface area contributed by atoms with Crippen LogP contribution in [0.2, 0.25) is 0 Å². The molecule has 2 aromatic rings. The highest BCUT2D eigenvalue weighted by Gasteiger charge is 2.09. The van der Waals surface area contributed by atoms with Crippen LogP contribution in [0, 0.1) is 18.3 Å². The number of nitrogens with zero attached hydrogens (tertiary/aromatic N) is 4. The number of hydrogen-bond donors (Lipinski definition) is 1. The zero-order valence-electron chi connectivity index (χ0n) is 12.6. The first-order valence-corrected chi connectivity index (χ1v) is 7.04. The van der Waals surface area contributed by atoms with Crippen LogP contribution in [0.1, 0.15) is 49.2 Å².